The van der Waals surface area contributed by atoms with Gasteiger partial charge in [-0.1, -0.05) is 0 Å². The zero-order valence-electron chi connectivity index (χ0n) is 7.91. The maximum absolute atomic E-state index is 5.69. The number of rotatable bonds is 3. The molecular weight excluding hydrogens is 236 g/mol. The van der Waals surface area contributed by atoms with E-state index in [0.717, 1.165) is 22.4 Å². The van der Waals surface area contributed by atoms with Crippen molar-refractivity contribution in [1.82, 2.24) is 10.2 Å². The number of aromatic nitrogens is 2. The molecule has 0 atom stereocenters. The van der Waals surface area contributed by atoms with Crippen LogP contribution in [0.2, 0.25) is 0 Å². The summed E-state index contributed by atoms with van der Waals surface area (Å²) in [6.45, 7) is 0. The van der Waals surface area contributed by atoms with E-state index in [1.807, 2.05) is 0 Å². The van der Waals surface area contributed by atoms with Crippen molar-refractivity contribution < 1.29 is 0 Å². The molecule has 0 aliphatic carbocycles. The molecule has 2 nitrogen and oxygen atoms in total. The predicted molar refractivity (Wildman–Crippen MR) is 63.2 cm³/mol. The number of nitrogens with zero attached hydrogens (tertiary/aromatic N) is 2. The van der Waals surface area contributed by atoms with Crippen molar-refractivity contribution in [3.05, 3.63) is 10.0 Å². The van der Waals surface area contributed by atoms with Gasteiger partial charge in [0.25, 0.3) is 0 Å². The summed E-state index contributed by atoms with van der Waals surface area (Å²) < 4.78 is 0. The molecule has 0 N–H and O–H groups in total. The molecular formula is C9H13ClN2S2. The molecule has 0 spiro atoms. The minimum Gasteiger partial charge on any atom is -0.162 e. The Morgan fingerprint density at radius 2 is 1.93 bits per heavy atom. The highest BCUT2D eigenvalue weighted by atomic mass is 35.5. The van der Waals surface area contributed by atoms with Gasteiger partial charge in [0, 0.05) is 6.42 Å². The summed E-state index contributed by atoms with van der Waals surface area (Å²) in [5.74, 6) is 3.95. The van der Waals surface area contributed by atoms with E-state index in [1.54, 1.807) is 11.3 Å². The molecule has 1 aromatic heterocycles. The summed E-state index contributed by atoms with van der Waals surface area (Å²) in [5.41, 5.74) is 0. The smallest absolute Gasteiger partial charge is 0.132 e. The molecule has 0 aromatic carbocycles. The quantitative estimate of drug-likeness (QED) is 0.770. The third kappa shape index (κ3) is 2.84. The number of hydrogen-bond donors (Lipinski definition) is 0. The molecule has 1 aliphatic rings. The molecule has 5 heteroatoms. The molecule has 1 saturated heterocycles. The second-order valence-corrected chi connectivity index (χ2v) is 6.12. The molecule has 2 heterocycles. The van der Waals surface area contributed by atoms with Crippen LogP contribution < -0.4 is 0 Å². The summed E-state index contributed by atoms with van der Waals surface area (Å²) in [6, 6.07) is 0. The van der Waals surface area contributed by atoms with Crippen LogP contribution in [0.3, 0.4) is 0 Å². The van der Waals surface area contributed by atoms with E-state index in [4.69, 9.17) is 11.6 Å². The van der Waals surface area contributed by atoms with Crippen molar-refractivity contribution >= 4 is 34.7 Å². The fourth-order valence-corrected chi connectivity index (χ4v) is 3.85. The average molecular weight is 249 g/mol. The van der Waals surface area contributed by atoms with Crippen LogP contribution in [-0.2, 0) is 12.3 Å². The van der Waals surface area contributed by atoms with Crippen molar-refractivity contribution in [2.45, 2.75) is 25.1 Å². The highest BCUT2D eigenvalue weighted by Gasteiger charge is 2.16. The molecule has 0 bridgehead atoms. The summed E-state index contributed by atoms with van der Waals surface area (Å²) in [7, 11) is 0. The molecule has 0 saturated carbocycles. The summed E-state index contributed by atoms with van der Waals surface area (Å²) >= 11 is 9.42. The number of alkyl halides is 1. The average Bonchev–Trinajstić information content (AvgIpc) is 2.67. The Kier molecular flexibility index (Phi) is 4.08. The van der Waals surface area contributed by atoms with Crippen LogP contribution in [0.4, 0.5) is 0 Å². The molecule has 0 unspecified atom stereocenters. The Morgan fingerprint density at radius 3 is 2.57 bits per heavy atom. The monoisotopic (exact) mass is 248 g/mol. The van der Waals surface area contributed by atoms with Crippen molar-refractivity contribution in [2.75, 3.05) is 11.5 Å². The Morgan fingerprint density at radius 1 is 1.21 bits per heavy atom. The topological polar surface area (TPSA) is 25.8 Å². The minimum absolute atomic E-state index is 0.498. The van der Waals surface area contributed by atoms with Crippen LogP contribution in [0.5, 0.6) is 0 Å². The Bertz CT molecular complexity index is 284. The van der Waals surface area contributed by atoms with Gasteiger partial charge in [0.1, 0.15) is 10.0 Å². The van der Waals surface area contributed by atoms with Crippen LogP contribution >= 0.6 is 34.7 Å². The van der Waals surface area contributed by atoms with Gasteiger partial charge in [-0.2, -0.15) is 11.8 Å². The van der Waals surface area contributed by atoms with Crippen molar-refractivity contribution in [1.29, 1.82) is 0 Å². The van der Waals surface area contributed by atoms with E-state index in [1.165, 1.54) is 24.3 Å². The SMILES string of the molecule is ClCc1nnc(CC2CCSCC2)s1. The summed E-state index contributed by atoms with van der Waals surface area (Å²) in [4.78, 5) is 0. The first-order valence-corrected chi connectivity index (χ1v) is 7.34. The van der Waals surface area contributed by atoms with Crippen molar-refractivity contribution in [3.8, 4) is 0 Å². The van der Waals surface area contributed by atoms with Gasteiger partial charge in [-0.25, -0.2) is 0 Å². The van der Waals surface area contributed by atoms with E-state index in [2.05, 4.69) is 22.0 Å². The first-order valence-electron chi connectivity index (χ1n) is 4.83. The third-order valence-electron chi connectivity index (χ3n) is 2.43. The van der Waals surface area contributed by atoms with Crippen LogP contribution in [-0.4, -0.2) is 21.7 Å². The van der Waals surface area contributed by atoms with Crippen molar-refractivity contribution in [3.63, 3.8) is 0 Å². The van der Waals surface area contributed by atoms with Gasteiger partial charge in [-0.15, -0.1) is 33.1 Å². The molecule has 1 aliphatic heterocycles. The van der Waals surface area contributed by atoms with Gasteiger partial charge in [-0.3, -0.25) is 0 Å². The highest BCUT2D eigenvalue weighted by molar-refractivity contribution is 7.99. The first kappa shape index (κ1) is 10.7. The summed E-state index contributed by atoms with van der Waals surface area (Å²) in [6.07, 6.45) is 3.77. The van der Waals surface area contributed by atoms with Crippen LogP contribution in [0.25, 0.3) is 0 Å². The zero-order valence-corrected chi connectivity index (χ0v) is 10.3. The maximum atomic E-state index is 5.69. The van der Waals surface area contributed by atoms with Gasteiger partial charge in [-0.05, 0) is 30.3 Å². The number of hydrogen-bond acceptors (Lipinski definition) is 4. The minimum atomic E-state index is 0.498. The zero-order chi connectivity index (χ0) is 9.80. The van der Waals surface area contributed by atoms with Gasteiger partial charge < -0.3 is 0 Å². The number of thioether (sulfide) groups is 1. The van der Waals surface area contributed by atoms with Gasteiger partial charge in [0.2, 0.25) is 0 Å². The van der Waals surface area contributed by atoms with E-state index >= 15 is 0 Å². The Balaban J connectivity index is 1.89. The largest absolute Gasteiger partial charge is 0.162 e. The van der Waals surface area contributed by atoms with Gasteiger partial charge >= 0.3 is 0 Å². The fourth-order valence-electron chi connectivity index (χ4n) is 1.62. The summed E-state index contributed by atoms with van der Waals surface area (Å²) in [5, 5.41) is 10.3. The van der Waals surface area contributed by atoms with Gasteiger partial charge in [0.15, 0.2) is 0 Å². The van der Waals surface area contributed by atoms with E-state index in [0.29, 0.717) is 5.88 Å². The van der Waals surface area contributed by atoms with Gasteiger partial charge in [0.05, 0.1) is 5.88 Å². The lowest BCUT2D eigenvalue weighted by Crippen LogP contribution is -2.11. The highest BCUT2D eigenvalue weighted by Crippen LogP contribution is 2.26. The molecule has 0 amide bonds. The maximum Gasteiger partial charge on any atom is 0.132 e. The Hall–Kier alpha value is 0.200. The molecule has 2 rings (SSSR count). The molecule has 78 valence electrons. The van der Waals surface area contributed by atoms with Crippen molar-refractivity contribution in [2.24, 2.45) is 5.92 Å². The Labute approximate surface area is 97.5 Å². The number of halogens is 1. The van der Waals surface area contributed by atoms with Crippen LogP contribution in [0.1, 0.15) is 22.9 Å². The first-order chi connectivity index (χ1) is 6.88. The molecule has 0 radical (unpaired) electrons. The predicted octanol–water partition coefficient (Wildman–Crippen LogP) is 2.96. The lowest BCUT2D eigenvalue weighted by Gasteiger charge is -2.19. The lowest BCUT2D eigenvalue weighted by molar-refractivity contribution is 0.485. The molecule has 14 heavy (non-hydrogen) atoms. The van der Waals surface area contributed by atoms with E-state index in [9.17, 15) is 0 Å². The standard InChI is InChI=1S/C9H13ClN2S2/c10-6-9-12-11-8(14-9)5-7-1-3-13-4-2-7/h7H,1-6H2. The molecule has 1 aromatic rings. The second-order valence-electron chi connectivity index (χ2n) is 3.48. The van der Waals surface area contributed by atoms with E-state index < -0.39 is 0 Å². The fraction of sp³-hybridized carbons (Fsp3) is 0.778. The normalized spacial score (nSPS) is 18.6. The second kappa shape index (κ2) is 5.33. The van der Waals surface area contributed by atoms with E-state index in [-0.39, 0.29) is 0 Å². The van der Waals surface area contributed by atoms with Crippen LogP contribution in [0.15, 0.2) is 0 Å². The van der Waals surface area contributed by atoms with Crippen LogP contribution in [0, 0.1) is 5.92 Å². The lowest BCUT2D eigenvalue weighted by atomic mass is 9.99. The third-order valence-corrected chi connectivity index (χ3v) is 4.83. The molecule has 1 fully saturated rings.